The van der Waals surface area contributed by atoms with Crippen molar-refractivity contribution in [2.75, 3.05) is 7.11 Å². The van der Waals surface area contributed by atoms with Crippen molar-refractivity contribution in [3.05, 3.63) is 48.0 Å². The Morgan fingerprint density at radius 2 is 1.81 bits per heavy atom. The molecular weight excluding hydrogens is 323 g/mol. The van der Waals surface area contributed by atoms with Crippen LogP contribution in [-0.2, 0) is 6.42 Å². The molecule has 21 heavy (non-hydrogen) atoms. The third-order valence-electron chi connectivity index (χ3n) is 3.36. The lowest BCUT2D eigenvalue weighted by Gasteiger charge is -2.11. The summed E-state index contributed by atoms with van der Waals surface area (Å²) in [4.78, 5) is 0. The number of phenolic OH excluding ortho intramolecular Hbond substituents is 1. The minimum absolute atomic E-state index is 0.285. The third kappa shape index (κ3) is 4.66. The standard InChI is InChI=1S/C16H18Cl2O2Si/c1-20-15-7-4-12(5-8-15)16-9-6-14(19)11-13(16)3-2-10-21(17)18/h4-9,11,19,21H,2-3,10H2,1H3. The largest absolute Gasteiger partial charge is 0.508 e. The summed E-state index contributed by atoms with van der Waals surface area (Å²) < 4.78 is 5.18. The van der Waals surface area contributed by atoms with Gasteiger partial charge in [-0.05, 0) is 59.8 Å². The van der Waals surface area contributed by atoms with E-state index in [0.717, 1.165) is 41.3 Å². The average Bonchev–Trinajstić information content (AvgIpc) is 2.47. The molecule has 0 aliphatic heterocycles. The fourth-order valence-corrected chi connectivity index (χ4v) is 3.72. The second kappa shape index (κ2) is 7.73. The van der Waals surface area contributed by atoms with E-state index >= 15 is 0 Å². The fraction of sp³-hybridized carbons (Fsp3) is 0.250. The highest BCUT2D eigenvalue weighted by Crippen LogP contribution is 2.29. The number of hydrogen-bond donors (Lipinski definition) is 1. The molecule has 2 aromatic rings. The van der Waals surface area contributed by atoms with Gasteiger partial charge in [0.2, 0.25) is 7.42 Å². The lowest BCUT2D eigenvalue weighted by Crippen LogP contribution is -1.96. The van der Waals surface area contributed by atoms with Gasteiger partial charge in [-0.15, -0.1) is 0 Å². The summed E-state index contributed by atoms with van der Waals surface area (Å²) >= 11 is 11.8. The predicted octanol–water partition coefficient (Wildman–Crippen LogP) is 4.70. The topological polar surface area (TPSA) is 29.5 Å². The summed E-state index contributed by atoms with van der Waals surface area (Å²) in [5.74, 6) is 1.12. The molecule has 0 atom stereocenters. The molecule has 0 spiro atoms. The monoisotopic (exact) mass is 340 g/mol. The summed E-state index contributed by atoms with van der Waals surface area (Å²) in [6.07, 6.45) is 1.80. The summed E-state index contributed by atoms with van der Waals surface area (Å²) in [6.45, 7) is 0. The molecule has 5 heteroatoms. The quantitative estimate of drug-likeness (QED) is 0.610. The van der Waals surface area contributed by atoms with Crippen molar-refractivity contribution < 1.29 is 9.84 Å². The van der Waals surface area contributed by atoms with E-state index < -0.39 is 7.42 Å². The molecule has 2 rings (SSSR count). The average molecular weight is 341 g/mol. The molecule has 2 aromatic carbocycles. The number of aryl methyl sites for hydroxylation is 1. The first kappa shape index (κ1) is 16.2. The summed E-state index contributed by atoms with van der Waals surface area (Å²) in [5.41, 5.74) is 3.34. The van der Waals surface area contributed by atoms with E-state index in [9.17, 15) is 5.11 Å². The predicted molar refractivity (Wildman–Crippen MR) is 92.1 cm³/mol. The van der Waals surface area contributed by atoms with Gasteiger partial charge in [0.25, 0.3) is 0 Å². The highest BCUT2D eigenvalue weighted by atomic mass is 35.7. The van der Waals surface area contributed by atoms with Crippen LogP contribution in [0.25, 0.3) is 11.1 Å². The molecule has 0 saturated heterocycles. The molecule has 0 fully saturated rings. The number of aromatic hydroxyl groups is 1. The minimum Gasteiger partial charge on any atom is -0.508 e. The lowest BCUT2D eigenvalue weighted by molar-refractivity contribution is 0.415. The van der Waals surface area contributed by atoms with Crippen LogP contribution < -0.4 is 4.74 Å². The Balaban J connectivity index is 2.24. The number of benzene rings is 2. The Labute approximate surface area is 136 Å². The van der Waals surface area contributed by atoms with E-state index in [-0.39, 0.29) is 5.75 Å². The maximum atomic E-state index is 9.71. The number of hydrogen-bond acceptors (Lipinski definition) is 2. The zero-order chi connectivity index (χ0) is 15.2. The number of phenols is 1. The van der Waals surface area contributed by atoms with Gasteiger partial charge >= 0.3 is 0 Å². The molecule has 1 N–H and O–H groups in total. The molecule has 0 amide bonds. The second-order valence-electron chi connectivity index (χ2n) is 4.85. The van der Waals surface area contributed by atoms with Crippen LogP contribution in [-0.4, -0.2) is 19.6 Å². The number of halogens is 2. The van der Waals surface area contributed by atoms with Gasteiger partial charge in [0.15, 0.2) is 0 Å². The highest BCUT2D eigenvalue weighted by molar-refractivity contribution is 7.33. The van der Waals surface area contributed by atoms with Gasteiger partial charge in [0, 0.05) is 0 Å². The lowest BCUT2D eigenvalue weighted by atomic mass is 9.96. The molecule has 0 saturated carbocycles. The van der Waals surface area contributed by atoms with Crippen molar-refractivity contribution in [3.63, 3.8) is 0 Å². The van der Waals surface area contributed by atoms with Crippen molar-refractivity contribution in [2.24, 2.45) is 0 Å². The maximum Gasteiger partial charge on any atom is 0.237 e. The van der Waals surface area contributed by atoms with E-state index in [0.29, 0.717) is 0 Å². The van der Waals surface area contributed by atoms with Crippen molar-refractivity contribution >= 4 is 29.6 Å². The summed E-state index contributed by atoms with van der Waals surface area (Å²) in [6, 6.07) is 14.3. The van der Waals surface area contributed by atoms with Gasteiger partial charge in [0.1, 0.15) is 11.5 Å². The van der Waals surface area contributed by atoms with Crippen LogP contribution in [0.5, 0.6) is 11.5 Å². The third-order valence-corrected chi connectivity index (χ3v) is 5.51. The molecule has 0 aromatic heterocycles. The molecule has 0 radical (unpaired) electrons. The number of ether oxygens (including phenoxy) is 1. The van der Waals surface area contributed by atoms with Gasteiger partial charge in [-0.3, -0.25) is 0 Å². The first-order chi connectivity index (χ1) is 10.1. The van der Waals surface area contributed by atoms with E-state index in [1.165, 1.54) is 0 Å². The Bertz CT molecular complexity index is 585. The Morgan fingerprint density at radius 1 is 1.10 bits per heavy atom. The van der Waals surface area contributed by atoms with E-state index in [1.807, 2.05) is 36.4 Å². The molecule has 0 aliphatic carbocycles. The van der Waals surface area contributed by atoms with Crippen LogP contribution in [0.3, 0.4) is 0 Å². The first-order valence-corrected chi connectivity index (χ1v) is 11.2. The van der Waals surface area contributed by atoms with Crippen molar-refractivity contribution in [1.82, 2.24) is 0 Å². The zero-order valence-corrected chi connectivity index (χ0v) is 14.5. The highest BCUT2D eigenvalue weighted by Gasteiger charge is 2.08. The SMILES string of the molecule is COc1ccc(-c2ccc(O)cc2CCC[SiH](Cl)Cl)cc1. The van der Waals surface area contributed by atoms with Gasteiger partial charge in [-0.2, -0.15) is 22.2 Å². The van der Waals surface area contributed by atoms with Crippen LogP contribution in [0.15, 0.2) is 42.5 Å². The van der Waals surface area contributed by atoms with Gasteiger partial charge in [0.05, 0.1) is 7.11 Å². The molecule has 2 nitrogen and oxygen atoms in total. The van der Waals surface area contributed by atoms with Crippen LogP contribution in [0.4, 0.5) is 0 Å². The van der Waals surface area contributed by atoms with Crippen LogP contribution in [0, 0.1) is 0 Å². The first-order valence-electron chi connectivity index (χ1n) is 6.84. The van der Waals surface area contributed by atoms with Gasteiger partial charge in [-0.25, -0.2) is 0 Å². The van der Waals surface area contributed by atoms with Crippen molar-refractivity contribution in [2.45, 2.75) is 18.9 Å². The molecular formula is C16H18Cl2O2Si. The van der Waals surface area contributed by atoms with E-state index in [1.54, 1.807) is 13.2 Å². The Hall–Kier alpha value is -1.16. The van der Waals surface area contributed by atoms with Gasteiger partial charge in [-0.1, -0.05) is 18.2 Å². The van der Waals surface area contributed by atoms with Crippen LogP contribution >= 0.6 is 22.2 Å². The van der Waals surface area contributed by atoms with Crippen molar-refractivity contribution in [1.29, 1.82) is 0 Å². The van der Waals surface area contributed by atoms with Crippen molar-refractivity contribution in [3.8, 4) is 22.6 Å². The minimum atomic E-state index is -1.56. The van der Waals surface area contributed by atoms with E-state index in [2.05, 4.69) is 0 Å². The normalized spacial score (nSPS) is 10.9. The summed E-state index contributed by atoms with van der Waals surface area (Å²) in [5, 5.41) is 9.71. The molecule has 0 aliphatic rings. The Kier molecular flexibility index (Phi) is 5.97. The van der Waals surface area contributed by atoms with Gasteiger partial charge < -0.3 is 9.84 Å². The number of rotatable bonds is 6. The van der Waals surface area contributed by atoms with Crippen LogP contribution in [0.2, 0.25) is 6.04 Å². The molecule has 0 heterocycles. The Morgan fingerprint density at radius 3 is 2.43 bits per heavy atom. The summed E-state index contributed by atoms with van der Waals surface area (Å²) in [7, 11) is 0.0932. The second-order valence-corrected chi connectivity index (χ2v) is 10.0. The molecule has 0 unspecified atom stereocenters. The smallest absolute Gasteiger partial charge is 0.237 e. The van der Waals surface area contributed by atoms with E-state index in [4.69, 9.17) is 26.9 Å². The fourth-order valence-electron chi connectivity index (χ4n) is 2.29. The molecule has 112 valence electrons. The maximum absolute atomic E-state index is 9.71. The number of methoxy groups -OCH3 is 1. The zero-order valence-electron chi connectivity index (χ0n) is 11.9. The van der Waals surface area contributed by atoms with Crippen LogP contribution in [0.1, 0.15) is 12.0 Å². The molecule has 0 bridgehead atoms.